The summed E-state index contributed by atoms with van der Waals surface area (Å²) in [6.07, 6.45) is 0.431. The number of nitrogens with zero attached hydrogens (tertiary/aromatic N) is 2. The van der Waals surface area contributed by atoms with Crippen molar-refractivity contribution in [3.63, 3.8) is 0 Å². The lowest BCUT2D eigenvalue weighted by Gasteiger charge is -2.16. The fourth-order valence-electron chi connectivity index (χ4n) is 3.15. The molecule has 1 unspecified atom stereocenters. The molecule has 3 rings (SSSR count). The maximum atomic E-state index is 12.6. The largest absolute Gasteiger partial charge is 0.383 e. The summed E-state index contributed by atoms with van der Waals surface area (Å²) in [4.78, 5) is 26.3. The van der Waals surface area contributed by atoms with Crippen molar-refractivity contribution in [2.45, 2.75) is 6.42 Å². The summed E-state index contributed by atoms with van der Waals surface area (Å²) in [5, 5.41) is 9.57. The molecular weight excluding hydrogens is 334 g/mol. The van der Waals surface area contributed by atoms with E-state index >= 15 is 0 Å². The van der Waals surface area contributed by atoms with Gasteiger partial charge in [0.25, 0.3) is 5.91 Å². The van der Waals surface area contributed by atoms with Crippen molar-refractivity contribution in [3.8, 4) is 11.1 Å². The molecule has 4 N–H and O–H groups in total. The zero-order chi connectivity index (χ0) is 18.5. The highest BCUT2D eigenvalue weighted by Gasteiger charge is 2.30. The minimum Gasteiger partial charge on any atom is -0.383 e. The molecule has 0 aliphatic carbocycles. The summed E-state index contributed by atoms with van der Waals surface area (Å²) in [5.41, 5.74) is 7.67. The highest BCUT2D eigenvalue weighted by atomic mass is 16.5. The predicted molar refractivity (Wildman–Crippen MR) is 97.3 cm³/mol. The van der Waals surface area contributed by atoms with Gasteiger partial charge in [0.2, 0.25) is 5.91 Å². The Hall–Kier alpha value is -2.87. The topological polar surface area (TPSA) is 113 Å². The second-order valence-corrected chi connectivity index (χ2v) is 6.34. The number of ether oxygens (including phenoxy) is 1. The fraction of sp³-hybridized carbons (Fsp3) is 0.389. The van der Waals surface area contributed by atoms with Crippen LogP contribution in [0.25, 0.3) is 11.1 Å². The Bertz CT molecular complexity index is 774. The molecule has 8 heteroatoms. The third-order valence-corrected chi connectivity index (χ3v) is 4.50. The summed E-state index contributed by atoms with van der Waals surface area (Å²) < 4.78 is 5.01. The van der Waals surface area contributed by atoms with Crippen LogP contribution >= 0.6 is 0 Å². The number of nitrogen functional groups attached to an aromatic ring is 1. The SMILES string of the molecule is COCCN1CC(CNC(=O)c2[nH]nc(N)c2-c2ccccc2)CC1=O. The van der Waals surface area contributed by atoms with E-state index in [1.807, 2.05) is 30.3 Å². The van der Waals surface area contributed by atoms with Crippen LogP contribution in [0.5, 0.6) is 0 Å². The number of methoxy groups -OCH3 is 1. The van der Waals surface area contributed by atoms with E-state index in [9.17, 15) is 9.59 Å². The number of aromatic amines is 1. The number of hydrogen-bond acceptors (Lipinski definition) is 5. The van der Waals surface area contributed by atoms with Gasteiger partial charge in [-0.2, -0.15) is 5.10 Å². The molecule has 1 aliphatic rings. The number of nitrogens with one attached hydrogen (secondary N) is 2. The van der Waals surface area contributed by atoms with Gasteiger partial charge in [0.05, 0.1) is 12.2 Å². The van der Waals surface area contributed by atoms with E-state index in [-0.39, 0.29) is 23.6 Å². The van der Waals surface area contributed by atoms with E-state index in [2.05, 4.69) is 15.5 Å². The first-order valence-corrected chi connectivity index (χ1v) is 8.54. The van der Waals surface area contributed by atoms with Crippen molar-refractivity contribution >= 4 is 17.6 Å². The summed E-state index contributed by atoms with van der Waals surface area (Å²) >= 11 is 0. The highest BCUT2D eigenvalue weighted by molar-refractivity contribution is 6.01. The van der Waals surface area contributed by atoms with Crippen LogP contribution < -0.4 is 11.1 Å². The maximum Gasteiger partial charge on any atom is 0.270 e. The van der Waals surface area contributed by atoms with E-state index in [0.717, 1.165) is 5.56 Å². The van der Waals surface area contributed by atoms with Crippen LogP contribution in [-0.4, -0.2) is 60.3 Å². The van der Waals surface area contributed by atoms with Gasteiger partial charge in [-0.05, 0) is 5.56 Å². The zero-order valence-corrected chi connectivity index (χ0v) is 14.7. The molecule has 2 heterocycles. The molecule has 0 spiro atoms. The molecule has 26 heavy (non-hydrogen) atoms. The van der Waals surface area contributed by atoms with E-state index < -0.39 is 0 Å². The number of carbonyl (C=O) groups is 2. The van der Waals surface area contributed by atoms with Crippen molar-refractivity contribution in [2.24, 2.45) is 5.92 Å². The van der Waals surface area contributed by atoms with Crippen molar-refractivity contribution in [1.82, 2.24) is 20.4 Å². The molecule has 1 fully saturated rings. The first-order chi connectivity index (χ1) is 12.6. The molecule has 1 aliphatic heterocycles. The first-order valence-electron chi connectivity index (χ1n) is 8.54. The van der Waals surface area contributed by atoms with Crippen LogP contribution in [0, 0.1) is 5.92 Å². The van der Waals surface area contributed by atoms with Gasteiger partial charge in [0, 0.05) is 39.1 Å². The number of likely N-dealkylation sites (tertiary alicyclic amines) is 1. The molecule has 1 saturated heterocycles. The molecule has 0 saturated carbocycles. The number of amides is 2. The van der Waals surface area contributed by atoms with Crippen molar-refractivity contribution in [3.05, 3.63) is 36.0 Å². The summed E-state index contributed by atoms with van der Waals surface area (Å²) in [7, 11) is 1.61. The third kappa shape index (κ3) is 3.85. The number of hydrogen-bond donors (Lipinski definition) is 3. The number of H-pyrrole nitrogens is 1. The minimum absolute atomic E-state index is 0.0868. The average Bonchev–Trinajstić information content (AvgIpc) is 3.21. The Morgan fingerprint density at radius 1 is 1.42 bits per heavy atom. The lowest BCUT2D eigenvalue weighted by Crippen LogP contribution is -2.32. The highest BCUT2D eigenvalue weighted by Crippen LogP contribution is 2.27. The molecule has 0 radical (unpaired) electrons. The van der Waals surface area contributed by atoms with Crippen LogP contribution in [0.4, 0.5) is 5.82 Å². The van der Waals surface area contributed by atoms with Crippen molar-refractivity contribution in [1.29, 1.82) is 0 Å². The van der Waals surface area contributed by atoms with Crippen LogP contribution in [0.15, 0.2) is 30.3 Å². The Balaban J connectivity index is 1.63. The fourth-order valence-corrected chi connectivity index (χ4v) is 3.15. The lowest BCUT2D eigenvalue weighted by atomic mass is 10.0. The van der Waals surface area contributed by atoms with Gasteiger partial charge in [-0.15, -0.1) is 0 Å². The molecule has 1 aromatic carbocycles. The van der Waals surface area contributed by atoms with Crippen LogP contribution in [0.2, 0.25) is 0 Å². The van der Waals surface area contributed by atoms with Gasteiger partial charge in [0.1, 0.15) is 5.69 Å². The summed E-state index contributed by atoms with van der Waals surface area (Å²) in [6, 6.07) is 9.40. The van der Waals surface area contributed by atoms with Gasteiger partial charge in [0.15, 0.2) is 5.82 Å². The molecule has 138 valence electrons. The molecule has 1 aromatic heterocycles. The van der Waals surface area contributed by atoms with E-state index in [4.69, 9.17) is 10.5 Å². The number of rotatable bonds is 7. The summed E-state index contributed by atoms with van der Waals surface area (Å²) in [6.45, 7) is 2.13. The van der Waals surface area contributed by atoms with Crippen LogP contribution in [0.1, 0.15) is 16.9 Å². The van der Waals surface area contributed by atoms with Crippen LogP contribution in [-0.2, 0) is 9.53 Å². The standard InChI is InChI=1S/C18H23N5O3/c1-26-8-7-23-11-12(9-14(23)24)10-20-18(25)16-15(17(19)22-21-16)13-5-3-2-4-6-13/h2-6,12H,7-11H2,1H3,(H,20,25)(H3,19,21,22). The van der Waals surface area contributed by atoms with Gasteiger partial charge < -0.3 is 20.7 Å². The third-order valence-electron chi connectivity index (χ3n) is 4.50. The van der Waals surface area contributed by atoms with E-state index in [1.165, 1.54) is 0 Å². The number of aromatic nitrogens is 2. The minimum atomic E-state index is -0.282. The molecule has 0 bridgehead atoms. The Morgan fingerprint density at radius 3 is 2.92 bits per heavy atom. The predicted octanol–water partition coefficient (Wildman–Crippen LogP) is 0.884. The second kappa shape index (κ2) is 8.01. The zero-order valence-electron chi connectivity index (χ0n) is 14.7. The lowest BCUT2D eigenvalue weighted by molar-refractivity contribution is -0.128. The Kier molecular flexibility index (Phi) is 5.52. The van der Waals surface area contributed by atoms with Crippen molar-refractivity contribution in [2.75, 3.05) is 39.1 Å². The number of nitrogens with two attached hydrogens (primary N) is 1. The molecule has 1 atom stereocenters. The monoisotopic (exact) mass is 357 g/mol. The molecule has 8 nitrogen and oxygen atoms in total. The number of benzene rings is 1. The maximum absolute atomic E-state index is 12.6. The normalized spacial score (nSPS) is 16.9. The number of anilines is 1. The van der Waals surface area contributed by atoms with Gasteiger partial charge >= 0.3 is 0 Å². The van der Waals surface area contributed by atoms with E-state index in [0.29, 0.717) is 43.9 Å². The Morgan fingerprint density at radius 2 is 2.19 bits per heavy atom. The van der Waals surface area contributed by atoms with Crippen molar-refractivity contribution < 1.29 is 14.3 Å². The second-order valence-electron chi connectivity index (χ2n) is 6.34. The number of carbonyl (C=O) groups excluding carboxylic acids is 2. The quantitative estimate of drug-likeness (QED) is 0.681. The molecule has 2 aromatic rings. The van der Waals surface area contributed by atoms with E-state index in [1.54, 1.807) is 12.0 Å². The Labute approximate surface area is 151 Å². The smallest absolute Gasteiger partial charge is 0.270 e. The average molecular weight is 357 g/mol. The summed E-state index contributed by atoms with van der Waals surface area (Å²) in [5.74, 6) is 0.180. The molecular formula is C18H23N5O3. The van der Waals surface area contributed by atoms with Gasteiger partial charge in [-0.3, -0.25) is 14.7 Å². The van der Waals surface area contributed by atoms with Gasteiger partial charge in [-0.1, -0.05) is 30.3 Å². The first kappa shape index (κ1) is 17.9. The van der Waals surface area contributed by atoms with Crippen LogP contribution in [0.3, 0.4) is 0 Å². The van der Waals surface area contributed by atoms with Gasteiger partial charge in [-0.25, -0.2) is 0 Å². The molecule has 2 amide bonds.